The highest BCUT2D eigenvalue weighted by atomic mass is 16.3. The van der Waals surface area contributed by atoms with Crippen molar-refractivity contribution in [2.24, 2.45) is 11.3 Å². The van der Waals surface area contributed by atoms with Crippen LogP contribution < -0.4 is 5.32 Å². The number of carbonyl (C=O) groups is 2. The molecule has 1 unspecified atom stereocenters. The molecule has 1 atom stereocenters. The van der Waals surface area contributed by atoms with Gasteiger partial charge in [0.15, 0.2) is 22.7 Å². The molecule has 6 rings (SSSR count). The van der Waals surface area contributed by atoms with Gasteiger partial charge in [-0.2, -0.15) is 5.10 Å². The topological polar surface area (TPSA) is 106 Å². The highest BCUT2D eigenvalue weighted by Crippen LogP contribution is 2.59. The van der Waals surface area contributed by atoms with Gasteiger partial charge in [-0.1, -0.05) is 0 Å². The van der Waals surface area contributed by atoms with Gasteiger partial charge in [0.1, 0.15) is 0 Å². The number of hydrogen-bond acceptors (Lipinski definition) is 6. The maximum Gasteiger partial charge on any atom is 0.287 e. The minimum Gasteiger partial charge on any atom is -0.449 e. The highest BCUT2D eigenvalue weighted by Gasteiger charge is 2.54. The summed E-state index contributed by atoms with van der Waals surface area (Å²) in [5.74, 6) is 0.505. The fourth-order valence-corrected chi connectivity index (χ4v) is 4.88. The van der Waals surface area contributed by atoms with Gasteiger partial charge in [0.2, 0.25) is 0 Å². The molecule has 1 aliphatic heterocycles. The van der Waals surface area contributed by atoms with Crippen molar-refractivity contribution < 1.29 is 14.0 Å². The average Bonchev–Trinajstić information content (AvgIpc) is 3.18. The summed E-state index contributed by atoms with van der Waals surface area (Å²) in [6, 6.07) is 7.09. The third-order valence-electron chi connectivity index (χ3n) is 6.92. The van der Waals surface area contributed by atoms with Crippen molar-refractivity contribution in [3.8, 4) is 0 Å². The predicted molar refractivity (Wildman–Crippen MR) is 115 cm³/mol. The molecule has 32 heavy (non-hydrogen) atoms. The SMILES string of the molecule is O=C(NCC1CC12CCN(C(=O)c1cc3ncccn3n1)CC2)c1cc2ccncc2o1. The summed E-state index contributed by atoms with van der Waals surface area (Å²) >= 11 is 0. The number of nitrogens with one attached hydrogen (secondary N) is 1. The molecule has 2 aliphatic rings. The van der Waals surface area contributed by atoms with Gasteiger partial charge < -0.3 is 14.6 Å². The molecule has 4 aromatic heterocycles. The number of furan rings is 1. The number of nitrogens with zero attached hydrogens (tertiary/aromatic N) is 5. The number of rotatable bonds is 4. The van der Waals surface area contributed by atoms with Gasteiger partial charge in [0, 0.05) is 49.7 Å². The number of pyridine rings is 1. The molecule has 2 fully saturated rings. The molecule has 1 aliphatic carbocycles. The van der Waals surface area contributed by atoms with Crippen LogP contribution in [-0.4, -0.2) is 55.9 Å². The van der Waals surface area contributed by atoms with Crippen LogP contribution >= 0.6 is 0 Å². The molecule has 5 heterocycles. The quantitative estimate of drug-likeness (QED) is 0.533. The van der Waals surface area contributed by atoms with Gasteiger partial charge in [0.05, 0.1) is 6.20 Å². The summed E-state index contributed by atoms with van der Waals surface area (Å²) in [6.07, 6.45) is 9.74. The number of likely N-dealkylation sites (tertiary alicyclic amines) is 1. The van der Waals surface area contributed by atoms with E-state index in [1.54, 1.807) is 47.5 Å². The zero-order valence-corrected chi connectivity index (χ0v) is 17.4. The van der Waals surface area contributed by atoms with Crippen LogP contribution in [0, 0.1) is 11.3 Å². The van der Waals surface area contributed by atoms with E-state index in [9.17, 15) is 9.59 Å². The van der Waals surface area contributed by atoms with Gasteiger partial charge in [0.25, 0.3) is 11.8 Å². The smallest absolute Gasteiger partial charge is 0.287 e. The van der Waals surface area contributed by atoms with Crippen molar-refractivity contribution in [3.05, 3.63) is 60.5 Å². The van der Waals surface area contributed by atoms with Crippen molar-refractivity contribution in [1.29, 1.82) is 0 Å². The molecule has 1 N–H and O–H groups in total. The summed E-state index contributed by atoms with van der Waals surface area (Å²) in [4.78, 5) is 35.5. The lowest BCUT2D eigenvalue weighted by Crippen LogP contribution is -2.40. The first-order valence-corrected chi connectivity index (χ1v) is 10.8. The Morgan fingerprint density at radius 2 is 2.09 bits per heavy atom. The van der Waals surface area contributed by atoms with E-state index >= 15 is 0 Å². The largest absolute Gasteiger partial charge is 0.449 e. The fraction of sp³-hybridized carbons (Fsp3) is 0.348. The Morgan fingerprint density at radius 1 is 1.22 bits per heavy atom. The number of carbonyl (C=O) groups excluding carboxylic acids is 2. The normalized spacial score (nSPS) is 19.5. The van der Waals surface area contributed by atoms with Gasteiger partial charge in [-0.15, -0.1) is 0 Å². The van der Waals surface area contributed by atoms with E-state index in [2.05, 4.69) is 20.4 Å². The molecule has 0 bridgehead atoms. The molecule has 9 nitrogen and oxygen atoms in total. The number of amides is 2. The number of fused-ring (bicyclic) bond motifs is 2. The van der Waals surface area contributed by atoms with Crippen LogP contribution in [-0.2, 0) is 0 Å². The molecule has 1 saturated carbocycles. The summed E-state index contributed by atoms with van der Waals surface area (Å²) < 4.78 is 7.21. The molecular formula is C23H22N6O3. The minimum atomic E-state index is -0.198. The molecule has 9 heteroatoms. The molecule has 162 valence electrons. The Balaban J connectivity index is 1.04. The van der Waals surface area contributed by atoms with Gasteiger partial charge in [-0.25, -0.2) is 9.50 Å². The molecular weight excluding hydrogens is 408 g/mol. The van der Waals surface area contributed by atoms with E-state index in [1.165, 1.54) is 0 Å². The van der Waals surface area contributed by atoms with Crippen LogP contribution in [0.5, 0.6) is 0 Å². The first kappa shape index (κ1) is 19.0. The van der Waals surface area contributed by atoms with Crippen LogP contribution in [0.2, 0.25) is 0 Å². The zero-order chi connectivity index (χ0) is 21.7. The maximum atomic E-state index is 12.9. The molecule has 1 saturated heterocycles. The van der Waals surface area contributed by atoms with E-state index in [4.69, 9.17) is 4.42 Å². The Bertz CT molecular complexity index is 1270. The van der Waals surface area contributed by atoms with Crippen molar-refractivity contribution in [3.63, 3.8) is 0 Å². The van der Waals surface area contributed by atoms with Gasteiger partial charge in [-0.05, 0) is 48.8 Å². The van der Waals surface area contributed by atoms with Crippen molar-refractivity contribution in [1.82, 2.24) is 29.8 Å². The Labute approximate surface area is 183 Å². The zero-order valence-electron chi connectivity index (χ0n) is 17.4. The first-order chi connectivity index (χ1) is 15.6. The first-order valence-electron chi connectivity index (χ1n) is 10.8. The number of aromatic nitrogens is 4. The predicted octanol–water partition coefficient (Wildman–Crippen LogP) is 2.54. The summed E-state index contributed by atoms with van der Waals surface area (Å²) in [5, 5.41) is 8.23. The Kier molecular flexibility index (Phi) is 4.24. The highest BCUT2D eigenvalue weighted by molar-refractivity contribution is 5.96. The second kappa shape index (κ2) is 7.15. The van der Waals surface area contributed by atoms with E-state index < -0.39 is 0 Å². The van der Waals surface area contributed by atoms with Crippen molar-refractivity contribution >= 4 is 28.4 Å². The average molecular weight is 430 g/mol. The van der Waals surface area contributed by atoms with E-state index in [-0.39, 0.29) is 17.2 Å². The number of hydrogen-bond donors (Lipinski definition) is 1. The standard InChI is InChI=1S/C23H22N6O3/c30-21(18-10-15-2-6-24-14-19(15)32-18)26-13-16-12-23(16)3-8-28(9-4-23)22(31)17-11-20-25-5-1-7-29(20)27-17/h1-2,5-7,10-11,14,16H,3-4,8-9,12-13H2,(H,26,30). The summed E-state index contributed by atoms with van der Waals surface area (Å²) in [6.45, 7) is 2.04. The third-order valence-corrected chi connectivity index (χ3v) is 6.92. The molecule has 1 spiro atoms. The van der Waals surface area contributed by atoms with E-state index in [1.807, 2.05) is 11.0 Å². The molecule has 2 amide bonds. The molecule has 4 aromatic rings. The third kappa shape index (κ3) is 3.21. The maximum absolute atomic E-state index is 12.9. The van der Waals surface area contributed by atoms with Gasteiger partial charge in [-0.3, -0.25) is 14.6 Å². The lowest BCUT2D eigenvalue weighted by atomic mass is 9.90. The monoisotopic (exact) mass is 430 g/mol. The van der Waals surface area contributed by atoms with Crippen LogP contribution in [0.4, 0.5) is 0 Å². The lowest BCUT2D eigenvalue weighted by molar-refractivity contribution is 0.0662. The van der Waals surface area contributed by atoms with Crippen LogP contribution in [0.15, 0.2) is 53.5 Å². The van der Waals surface area contributed by atoms with Crippen molar-refractivity contribution in [2.45, 2.75) is 19.3 Å². The van der Waals surface area contributed by atoms with Crippen LogP contribution in [0.25, 0.3) is 16.6 Å². The summed E-state index contributed by atoms with van der Waals surface area (Å²) in [7, 11) is 0. The van der Waals surface area contributed by atoms with Crippen LogP contribution in [0.3, 0.4) is 0 Å². The van der Waals surface area contributed by atoms with Crippen molar-refractivity contribution in [2.75, 3.05) is 19.6 Å². The number of piperidine rings is 1. The molecule has 0 radical (unpaired) electrons. The minimum absolute atomic E-state index is 0.0461. The second-order valence-electron chi connectivity index (χ2n) is 8.74. The van der Waals surface area contributed by atoms with E-state index in [0.29, 0.717) is 48.2 Å². The van der Waals surface area contributed by atoms with Crippen LogP contribution in [0.1, 0.15) is 40.3 Å². The fourth-order valence-electron chi connectivity index (χ4n) is 4.88. The Morgan fingerprint density at radius 3 is 2.91 bits per heavy atom. The second-order valence-corrected chi connectivity index (χ2v) is 8.74. The lowest BCUT2D eigenvalue weighted by Gasteiger charge is -2.32. The Hall–Kier alpha value is -3.75. The van der Waals surface area contributed by atoms with E-state index in [0.717, 1.165) is 24.6 Å². The summed E-state index contributed by atoms with van der Waals surface area (Å²) in [5.41, 5.74) is 1.94. The van der Waals surface area contributed by atoms with Gasteiger partial charge >= 0.3 is 0 Å². The molecule has 0 aromatic carbocycles.